The fourth-order valence-corrected chi connectivity index (χ4v) is 8.36. The van der Waals surface area contributed by atoms with Crippen LogP contribution in [0.3, 0.4) is 0 Å². The Morgan fingerprint density at radius 2 is 0.864 bits per heavy atom. The number of carbonyl (C=O) groups is 4. The van der Waals surface area contributed by atoms with E-state index in [1.165, 1.54) is 22.7 Å². The number of thiazole rings is 2. The van der Waals surface area contributed by atoms with Crippen LogP contribution in [0, 0.1) is 0 Å². The molecule has 9 heteroatoms. The van der Waals surface area contributed by atoms with Gasteiger partial charge in [0.05, 0.1) is 20.5 Å². The molecule has 44 heavy (non-hydrogen) atoms. The lowest BCUT2D eigenvalue weighted by molar-refractivity contribution is 0.0975. The maximum absolute atomic E-state index is 13.3. The molecule has 0 amide bonds. The molecule has 0 fully saturated rings. The van der Waals surface area contributed by atoms with Gasteiger partial charge in [0.15, 0.2) is 34.4 Å². The van der Waals surface area contributed by atoms with E-state index in [4.69, 9.17) is 9.97 Å². The van der Waals surface area contributed by atoms with Crippen molar-refractivity contribution in [1.29, 1.82) is 0 Å². The molecule has 0 unspecified atom stereocenters. The van der Waals surface area contributed by atoms with E-state index < -0.39 is 0 Å². The van der Waals surface area contributed by atoms with E-state index in [1.807, 2.05) is 60.1 Å². The number of aromatic nitrogens is 3. The van der Waals surface area contributed by atoms with E-state index in [0.29, 0.717) is 43.6 Å². The van der Waals surface area contributed by atoms with Crippen LogP contribution < -0.4 is 0 Å². The number of ketones is 4. The van der Waals surface area contributed by atoms with Gasteiger partial charge in [-0.3, -0.25) is 19.2 Å². The van der Waals surface area contributed by atoms with E-state index in [-0.39, 0.29) is 34.3 Å². The zero-order chi connectivity index (χ0) is 29.9. The third kappa shape index (κ3) is 3.42. The molecule has 208 valence electrons. The molecule has 3 heterocycles. The van der Waals surface area contributed by atoms with Crippen LogP contribution in [0.15, 0.2) is 83.9 Å². The molecule has 0 atom stereocenters. The first-order valence-corrected chi connectivity index (χ1v) is 15.4. The number of benzene rings is 4. The van der Waals surface area contributed by atoms with Crippen LogP contribution in [0.1, 0.15) is 51.4 Å². The van der Waals surface area contributed by atoms with Crippen LogP contribution in [0.5, 0.6) is 0 Å². The third-order valence-corrected chi connectivity index (χ3v) is 10.5. The molecule has 4 aromatic carbocycles. The Labute approximate surface area is 256 Å². The average molecular weight is 608 g/mol. The molecule has 7 nitrogen and oxygen atoms in total. The maximum atomic E-state index is 13.3. The Morgan fingerprint density at radius 3 is 1.18 bits per heavy atom. The highest BCUT2D eigenvalue weighted by molar-refractivity contribution is 7.27. The molecule has 0 saturated carbocycles. The first-order valence-electron chi connectivity index (χ1n) is 13.8. The molecule has 0 N–H and O–H groups in total. The summed E-state index contributed by atoms with van der Waals surface area (Å²) in [6.07, 6.45) is 3.15. The van der Waals surface area contributed by atoms with Crippen molar-refractivity contribution in [3.63, 3.8) is 0 Å². The van der Waals surface area contributed by atoms with Gasteiger partial charge < -0.3 is 4.57 Å². The summed E-state index contributed by atoms with van der Waals surface area (Å²) in [5.41, 5.74) is 3.22. The van der Waals surface area contributed by atoms with Gasteiger partial charge in [-0.1, -0.05) is 48.5 Å². The number of carbonyl (C=O) groups excluding carboxylic acids is 4. The van der Waals surface area contributed by atoms with Gasteiger partial charge >= 0.3 is 0 Å². The zero-order valence-corrected chi connectivity index (χ0v) is 24.5. The largest absolute Gasteiger partial charge is 0.312 e. The zero-order valence-electron chi connectivity index (χ0n) is 22.9. The van der Waals surface area contributed by atoms with Crippen LogP contribution in [-0.4, -0.2) is 37.7 Å². The van der Waals surface area contributed by atoms with Crippen molar-refractivity contribution in [2.75, 3.05) is 0 Å². The molecule has 0 bridgehead atoms. The highest BCUT2D eigenvalue weighted by Crippen LogP contribution is 2.40. The number of nitrogens with zero attached hydrogens (tertiary/aromatic N) is 3. The van der Waals surface area contributed by atoms with E-state index in [0.717, 1.165) is 30.9 Å². The molecule has 0 radical (unpaired) electrons. The molecule has 7 aromatic rings. The van der Waals surface area contributed by atoms with Crippen molar-refractivity contribution < 1.29 is 19.2 Å². The average Bonchev–Trinajstić information content (AvgIpc) is 3.80. The third-order valence-electron chi connectivity index (χ3n) is 8.36. The molecule has 3 aromatic heterocycles. The van der Waals surface area contributed by atoms with Crippen molar-refractivity contribution in [1.82, 2.24) is 14.5 Å². The van der Waals surface area contributed by atoms with Gasteiger partial charge in [0.1, 0.15) is 10.0 Å². The Kier molecular flexibility index (Phi) is 5.04. The predicted molar refractivity (Wildman–Crippen MR) is 173 cm³/mol. The van der Waals surface area contributed by atoms with Gasteiger partial charge in [-0.05, 0) is 58.0 Å². The Hall–Kier alpha value is -5.38. The monoisotopic (exact) mass is 607 g/mol. The van der Waals surface area contributed by atoms with E-state index in [1.54, 1.807) is 36.4 Å². The number of rotatable bonds is 2. The van der Waals surface area contributed by atoms with Crippen molar-refractivity contribution in [2.24, 2.45) is 7.05 Å². The molecule has 0 aliphatic heterocycles. The minimum atomic E-state index is -0.299. The van der Waals surface area contributed by atoms with Crippen LogP contribution in [0.2, 0.25) is 0 Å². The van der Waals surface area contributed by atoms with E-state index in [2.05, 4.69) is 0 Å². The standard InChI is InChI=1S/C35H17N3O4S2/c1-38-34-32(43-26(36-34)14-24-28(39)20-10-16-6-2-3-7-17(16)11-21(20)29(24)40)33-35(38)37-27(44-33)15-25-30(41)22-12-18-8-4-5-9-19(18)13-23(22)31(25)42/h2-15H,1H3. The Morgan fingerprint density at radius 1 is 0.545 bits per heavy atom. The van der Waals surface area contributed by atoms with E-state index in [9.17, 15) is 19.2 Å². The molecular weight excluding hydrogens is 591 g/mol. The second-order valence-corrected chi connectivity index (χ2v) is 13.0. The van der Waals surface area contributed by atoms with Crippen molar-refractivity contribution in [3.8, 4) is 0 Å². The van der Waals surface area contributed by atoms with Crippen molar-refractivity contribution in [2.45, 2.75) is 0 Å². The molecule has 9 rings (SSSR count). The SMILES string of the molecule is Cn1c2nc(C=C3C(=O)c4cc5ccccc5cc4C3=O)sc2c2sc(C=C3C(=O)c4cc5ccccc5cc4C3=O)nc21. The topological polar surface area (TPSA) is 99.0 Å². The van der Waals surface area contributed by atoms with Gasteiger partial charge in [-0.15, -0.1) is 22.7 Å². The summed E-state index contributed by atoms with van der Waals surface area (Å²) in [7, 11) is 1.85. The van der Waals surface area contributed by atoms with Gasteiger partial charge in [-0.25, -0.2) is 9.97 Å². The summed E-state index contributed by atoms with van der Waals surface area (Å²) in [4.78, 5) is 62.5. The number of Topliss-reactive ketones (excluding diaryl/α,β-unsaturated/α-hetero) is 4. The second kappa shape index (κ2) is 8.82. The number of fused-ring (bicyclic) bond motifs is 7. The fraction of sp³-hybridized carbons (Fsp3) is 0.0286. The molecule has 0 spiro atoms. The summed E-state index contributed by atoms with van der Waals surface area (Å²) in [6.45, 7) is 0. The summed E-state index contributed by atoms with van der Waals surface area (Å²) in [5, 5.41) is 4.71. The van der Waals surface area contributed by atoms with Gasteiger partial charge in [0.25, 0.3) is 0 Å². The normalized spacial score (nSPS) is 14.6. The second-order valence-electron chi connectivity index (χ2n) is 10.9. The highest BCUT2D eigenvalue weighted by atomic mass is 32.1. The number of hydrogen-bond acceptors (Lipinski definition) is 8. The summed E-state index contributed by atoms with van der Waals surface area (Å²) < 4.78 is 3.56. The molecule has 2 aliphatic rings. The van der Waals surface area contributed by atoms with Crippen LogP contribution in [0.25, 0.3) is 54.4 Å². The van der Waals surface area contributed by atoms with Gasteiger partial charge in [0.2, 0.25) is 0 Å². The first-order chi connectivity index (χ1) is 21.4. The van der Waals surface area contributed by atoms with Crippen LogP contribution in [0.4, 0.5) is 0 Å². The van der Waals surface area contributed by atoms with Gasteiger partial charge in [-0.2, -0.15) is 0 Å². The first kappa shape index (κ1) is 25.1. The minimum absolute atomic E-state index is 0.103. The Bertz CT molecular complexity index is 2310. The number of allylic oxidation sites excluding steroid dienone is 2. The van der Waals surface area contributed by atoms with Crippen molar-refractivity contribution in [3.05, 3.63) is 116 Å². The predicted octanol–water partition coefficient (Wildman–Crippen LogP) is 7.48. The lowest BCUT2D eigenvalue weighted by atomic mass is 10.0. The maximum Gasteiger partial charge on any atom is 0.197 e. The van der Waals surface area contributed by atoms with Crippen molar-refractivity contribution >= 4 is 100 Å². The van der Waals surface area contributed by atoms with Crippen LogP contribution in [-0.2, 0) is 7.05 Å². The quantitative estimate of drug-likeness (QED) is 0.149. The number of aryl methyl sites for hydroxylation is 1. The summed E-state index contributed by atoms with van der Waals surface area (Å²) in [5.74, 6) is -1.20. The minimum Gasteiger partial charge on any atom is -0.312 e. The molecular formula is C35H17N3O4S2. The fourth-order valence-electron chi connectivity index (χ4n) is 6.16. The smallest absolute Gasteiger partial charge is 0.197 e. The van der Waals surface area contributed by atoms with E-state index >= 15 is 0 Å². The van der Waals surface area contributed by atoms with Gasteiger partial charge in [0, 0.05) is 29.3 Å². The lowest BCUT2D eigenvalue weighted by Crippen LogP contribution is -2.00. The van der Waals surface area contributed by atoms with Crippen LogP contribution >= 0.6 is 22.7 Å². The molecule has 0 saturated heterocycles. The summed E-state index contributed by atoms with van der Waals surface area (Å²) in [6, 6.07) is 22.4. The molecule has 2 aliphatic carbocycles. The lowest BCUT2D eigenvalue weighted by Gasteiger charge is -2.00. The summed E-state index contributed by atoms with van der Waals surface area (Å²) >= 11 is 2.74. The Balaban J connectivity index is 1.09. The number of hydrogen-bond donors (Lipinski definition) is 0. The highest BCUT2D eigenvalue weighted by Gasteiger charge is 2.35.